The zero-order valence-corrected chi connectivity index (χ0v) is 16.1. The molecule has 0 spiro atoms. The number of hydrogen-bond donors (Lipinski definition) is 0. The summed E-state index contributed by atoms with van der Waals surface area (Å²) in [5.41, 5.74) is 0.715. The van der Waals surface area contributed by atoms with E-state index < -0.39 is 0 Å². The summed E-state index contributed by atoms with van der Waals surface area (Å²) in [7, 11) is 0. The molecule has 3 atom stereocenters. The third-order valence-electron chi connectivity index (χ3n) is 6.09. The van der Waals surface area contributed by atoms with E-state index in [4.69, 9.17) is 4.74 Å². The molecule has 1 saturated carbocycles. The Morgan fingerprint density at radius 1 is 1.04 bits per heavy atom. The quantitative estimate of drug-likeness (QED) is 0.654. The van der Waals surface area contributed by atoms with Gasteiger partial charge in [0.2, 0.25) is 0 Å². The predicted molar refractivity (Wildman–Crippen MR) is 96.3 cm³/mol. The molecule has 130 valence electrons. The summed E-state index contributed by atoms with van der Waals surface area (Å²) in [4.78, 5) is 2.64. The summed E-state index contributed by atoms with van der Waals surface area (Å²) >= 11 is 0. The lowest BCUT2D eigenvalue weighted by Crippen LogP contribution is -2.42. The summed E-state index contributed by atoms with van der Waals surface area (Å²) in [5, 5.41) is 0. The van der Waals surface area contributed by atoms with Gasteiger partial charge in [0.15, 0.2) is 0 Å². The van der Waals surface area contributed by atoms with Crippen molar-refractivity contribution in [3.05, 3.63) is 0 Å². The third kappa shape index (κ3) is 3.94. The van der Waals surface area contributed by atoms with E-state index in [1.165, 1.54) is 32.2 Å². The first kappa shape index (κ1) is 17.3. The van der Waals surface area contributed by atoms with Crippen LogP contribution in [-0.4, -0.2) is 35.2 Å². The van der Waals surface area contributed by atoms with E-state index >= 15 is 0 Å². The van der Waals surface area contributed by atoms with E-state index in [-0.39, 0.29) is 11.2 Å². The molecule has 3 aliphatic rings. The first-order valence-corrected chi connectivity index (χ1v) is 9.44. The molecule has 0 N–H and O–H groups in total. The minimum Gasteiger partial charge on any atom is -0.357 e. The second-order valence-corrected chi connectivity index (χ2v) is 10.4. The number of rotatable bonds is 1. The first-order chi connectivity index (χ1) is 10.5. The Kier molecular flexibility index (Phi) is 4.14. The molecule has 0 amide bonds. The minimum absolute atomic E-state index is 0.0244. The van der Waals surface area contributed by atoms with Gasteiger partial charge in [-0.3, -0.25) is 4.90 Å². The first-order valence-electron chi connectivity index (χ1n) is 9.44. The van der Waals surface area contributed by atoms with Gasteiger partial charge in [-0.15, -0.1) is 0 Å². The second kappa shape index (κ2) is 5.50. The maximum Gasteiger partial charge on any atom is 0.126 e. The fraction of sp³-hybridized carbons (Fsp3) is 0.905. The lowest BCUT2D eigenvalue weighted by atomic mass is 9.65. The van der Waals surface area contributed by atoms with E-state index in [0.717, 1.165) is 25.4 Å². The van der Waals surface area contributed by atoms with Gasteiger partial charge in [0.25, 0.3) is 0 Å². The van der Waals surface area contributed by atoms with E-state index in [1.54, 1.807) is 0 Å². The Labute approximate surface area is 143 Å². The van der Waals surface area contributed by atoms with Crippen molar-refractivity contribution in [3.63, 3.8) is 0 Å². The standard InChI is InChI=1S/C21H35NO/c1-18(2)13-17-14-20(5,15-18)16-22(17)12-8-11-21(6)10-7-9-19(3,4)23-21/h17H,7,9-10,12-16H2,1-6H3. The Balaban J connectivity index is 1.64. The van der Waals surface area contributed by atoms with Crippen LogP contribution in [0.3, 0.4) is 0 Å². The molecule has 2 bridgehead atoms. The molecule has 0 aromatic heterocycles. The van der Waals surface area contributed by atoms with Crippen molar-refractivity contribution in [2.45, 2.75) is 97.3 Å². The highest BCUT2D eigenvalue weighted by Crippen LogP contribution is 2.52. The van der Waals surface area contributed by atoms with Crippen LogP contribution >= 0.6 is 0 Å². The SMILES string of the molecule is CC1(C)CC2CC(C)(CN2CC#CC2(C)CCCC(C)(C)O2)C1. The minimum atomic E-state index is -0.250. The predicted octanol–water partition coefficient (Wildman–Crippen LogP) is 4.63. The van der Waals surface area contributed by atoms with Crippen molar-refractivity contribution < 1.29 is 4.74 Å². The highest BCUT2D eigenvalue weighted by atomic mass is 16.5. The molecule has 2 heteroatoms. The zero-order chi connectivity index (χ0) is 16.9. The fourth-order valence-electron chi connectivity index (χ4n) is 5.74. The van der Waals surface area contributed by atoms with Gasteiger partial charge in [0, 0.05) is 12.6 Å². The number of likely N-dealkylation sites (tertiary alicyclic amines) is 1. The van der Waals surface area contributed by atoms with E-state index in [9.17, 15) is 0 Å². The number of fused-ring (bicyclic) bond motifs is 2. The molecular weight excluding hydrogens is 282 g/mol. The van der Waals surface area contributed by atoms with E-state index in [0.29, 0.717) is 10.8 Å². The van der Waals surface area contributed by atoms with Crippen molar-refractivity contribution in [3.8, 4) is 11.8 Å². The Bertz CT molecular complexity index is 526. The largest absolute Gasteiger partial charge is 0.357 e. The Morgan fingerprint density at radius 2 is 1.78 bits per heavy atom. The molecule has 3 rings (SSSR count). The van der Waals surface area contributed by atoms with E-state index in [2.05, 4.69) is 58.3 Å². The van der Waals surface area contributed by atoms with Crippen molar-refractivity contribution in [2.75, 3.05) is 13.1 Å². The van der Waals surface area contributed by atoms with Crippen LogP contribution in [0.2, 0.25) is 0 Å². The van der Waals surface area contributed by atoms with Crippen LogP contribution < -0.4 is 0 Å². The highest BCUT2D eigenvalue weighted by Gasteiger charge is 2.49. The molecule has 3 fully saturated rings. The Hall–Kier alpha value is -0.520. The number of hydrogen-bond acceptors (Lipinski definition) is 2. The van der Waals surface area contributed by atoms with Gasteiger partial charge in [-0.2, -0.15) is 0 Å². The average Bonchev–Trinajstić information content (AvgIpc) is 2.56. The fourth-order valence-corrected chi connectivity index (χ4v) is 5.74. The molecule has 0 aromatic carbocycles. The van der Waals surface area contributed by atoms with Crippen LogP contribution in [0.4, 0.5) is 0 Å². The van der Waals surface area contributed by atoms with Gasteiger partial charge in [-0.1, -0.05) is 32.6 Å². The van der Waals surface area contributed by atoms with Crippen molar-refractivity contribution in [1.82, 2.24) is 4.90 Å². The maximum atomic E-state index is 6.27. The summed E-state index contributed by atoms with van der Waals surface area (Å²) in [6.07, 6.45) is 7.47. The molecule has 2 saturated heterocycles. The Morgan fingerprint density at radius 3 is 2.48 bits per heavy atom. The van der Waals surface area contributed by atoms with Gasteiger partial charge < -0.3 is 4.74 Å². The molecule has 2 aliphatic heterocycles. The van der Waals surface area contributed by atoms with Crippen molar-refractivity contribution >= 4 is 0 Å². The zero-order valence-electron chi connectivity index (χ0n) is 16.1. The second-order valence-electron chi connectivity index (χ2n) is 10.4. The van der Waals surface area contributed by atoms with Crippen molar-refractivity contribution in [1.29, 1.82) is 0 Å². The van der Waals surface area contributed by atoms with Gasteiger partial charge in [0.05, 0.1) is 12.1 Å². The van der Waals surface area contributed by atoms with Crippen LogP contribution in [0.5, 0.6) is 0 Å². The van der Waals surface area contributed by atoms with Gasteiger partial charge in [-0.25, -0.2) is 0 Å². The number of ether oxygens (including phenoxy) is 1. The molecule has 2 heterocycles. The van der Waals surface area contributed by atoms with Crippen LogP contribution in [-0.2, 0) is 4.74 Å². The monoisotopic (exact) mass is 317 g/mol. The molecule has 1 aliphatic carbocycles. The normalized spacial score (nSPS) is 42.1. The van der Waals surface area contributed by atoms with Crippen LogP contribution in [0.15, 0.2) is 0 Å². The molecule has 3 unspecified atom stereocenters. The maximum absolute atomic E-state index is 6.27. The topological polar surface area (TPSA) is 12.5 Å². The van der Waals surface area contributed by atoms with E-state index in [1.807, 2.05) is 0 Å². The lowest BCUT2D eigenvalue weighted by Gasteiger charge is -2.40. The average molecular weight is 318 g/mol. The molecule has 2 nitrogen and oxygen atoms in total. The van der Waals surface area contributed by atoms with Crippen LogP contribution in [0.1, 0.15) is 80.1 Å². The highest BCUT2D eigenvalue weighted by molar-refractivity contribution is 5.17. The molecule has 0 radical (unpaired) electrons. The van der Waals surface area contributed by atoms with Crippen LogP contribution in [0, 0.1) is 22.7 Å². The molecule has 23 heavy (non-hydrogen) atoms. The van der Waals surface area contributed by atoms with Crippen molar-refractivity contribution in [2.24, 2.45) is 10.8 Å². The summed E-state index contributed by atoms with van der Waals surface area (Å²) in [6.45, 7) is 16.0. The van der Waals surface area contributed by atoms with Gasteiger partial charge >= 0.3 is 0 Å². The number of nitrogens with zero attached hydrogens (tertiary/aromatic N) is 1. The summed E-state index contributed by atoms with van der Waals surface area (Å²) in [6, 6.07) is 0.731. The lowest BCUT2D eigenvalue weighted by molar-refractivity contribution is -0.135. The summed E-state index contributed by atoms with van der Waals surface area (Å²) in [5.74, 6) is 6.96. The van der Waals surface area contributed by atoms with Gasteiger partial charge in [0.1, 0.15) is 5.60 Å². The molecule has 0 aromatic rings. The third-order valence-corrected chi connectivity index (χ3v) is 6.09. The summed E-state index contributed by atoms with van der Waals surface area (Å²) < 4.78 is 6.27. The smallest absolute Gasteiger partial charge is 0.126 e. The molecular formula is C21H35NO. The van der Waals surface area contributed by atoms with Crippen LogP contribution in [0.25, 0.3) is 0 Å². The van der Waals surface area contributed by atoms with Gasteiger partial charge in [-0.05, 0) is 70.1 Å².